The Kier molecular flexibility index (Phi) is 3.76. The summed E-state index contributed by atoms with van der Waals surface area (Å²) >= 11 is 0. The van der Waals surface area contributed by atoms with Crippen LogP contribution in [0.25, 0.3) is 0 Å². The van der Waals surface area contributed by atoms with E-state index in [0.29, 0.717) is 17.9 Å². The summed E-state index contributed by atoms with van der Waals surface area (Å²) in [6.45, 7) is 4.11. The third kappa shape index (κ3) is 2.81. The maximum atomic E-state index is 10.8. The first-order valence-corrected chi connectivity index (χ1v) is 6.08. The molecule has 0 amide bonds. The lowest BCUT2D eigenvalue weighted by Gasteiger charge is -2.09. The molecule has 20 heavy (non-hydrogen) atoms. The number of rotatable bonds is 4. The maximum absolute atomic E-state index is 10.8. The fourth-order valence-electron chi connectivity index (χ4n) is 1.87. The summed E-state index contributed by atoms with van der Waals surface area (Å²) in [7, 11) is 0. The van der Waals surface area contributed by atoms with Crippen LogP contribution in [0.5, 0.6) is 0 Å². The number of aryl methyl sites for hydroxylation is 2. The molecule has 0 atom stereocenters. The quantitative estimate of drug-likeness (QED) is 0.891. The minimum Gasteiger partial charge on any atom is -0.475 e. The van der Waals surface area contributed by atoms with Crippen LogP contribution >= 0.6 is 0 Å². The Bertz CT molecular complexity index is 696. The van der Waals surface area contributed by atoms with Gasteiger partial charge in [-0.05, 0) is 37.6 Å². The van der Waals surface area contributed by atoms with E-state index in [-0.39, 0.29) is 5.76 Å². The van der Waals surface area contributed by atoms with Crippen molar-refractivity contribution in [2.24, 2.45) is 0 Å². The average molecular weight is 270 g/mol. The van der Waals surface area contributed by atoms with Crippen LogP contribution in [0.1, 0.15) is 33.0 Å². The van der Waals surface area contributed by atoms with Gasteiger partial charge in [-0.1, -0.05) is 6.07 Å². The molecule has 0 aliphatic carbocycles. The highest BCUT2D eigenvalue weighted by atomic mass is 16.4. The monoisotopic (exact) mass is 270 g/mol. The van der Waals surface area contributed by atoms with Crippen LogP contribution in [0.4, 0.5) is 5.69 Å². The number of furan rings is 1. The van der Waals surface area contributed by atoms with E-state index in [1.54, 1.807) is 19.1 Å². The zero-order chi connectivity index (χ0) is 14.7. The van der Waals surface area contributed by atoms with Crippen LogP contribution < -0.4 is 5.32 Å². The van der Waals surface area contributed by atoms with E-state index in [9.17, 15) is 4.79 Å². The fourth-order valence-corrected chi connectivity index (χ4v) is 1.87. The standard InChI is InChI=1S/C15H14N2O3/c1-9-3-4-11(7-16)5-13(9)17-8-12-6-14(15(18)19)20-10(12)2/h3-6,17H,8H2,1-2H3,(H,18,19). The summed E-state index contributed by atoms with van der Waals surface area (Å²) < 4.78 is 5.15. The van der Waals surface area contributed by atoms with E-state index < -0.39 is 5.97 Å². The van der Waals surface area contributed by atoms with E-state index in [1.165, 1.54) is 6.07 Å². The van der Waals surface area contributed by atoms with E-state index in [4.69, 9.17) is 14.8 Å². The second-order valence-electron chi connectivity index (χ2n) is 4.49. The van der Waals surface area contributed by atoms with Gasteiger partial charge in [0.05, 0.1) is 11.6 Å². The molecule has 102 valence electrons. The summed E-state index contributed by atoms with van der Waals surface area (Å²) in [5.41, 5.74) is 3.22. The number of anilines is 1. The van der Waals surface area contributed by atoms with Gasteiger partial charge in [0.15, 0.2) is 0 Å². The van der Waals surface area contributed by atoms with Crippen LogP contribution in [-0.2, 0) is 6.54 Å². The molecule has 0 aliphatic rings. The Balaban J connectivity index is 2.17. The molecule has 0 spiro atoms. The predicted octanol–water partition coefficient (Wildman–Crippen LogP) is 3.08. The topological polar surface area (TPSA) is 86.3 Å². The van der Waals surface area contributed by atoms with Crippen molar-refractivity contribution in [1.29, 1.82) is 5.26 Å². The van der Waals surface area contributed by atoms with Gasteiger partial charge in [0.2, 0.25) is 5.76 Å². The number of benzene rings is 1. The molecule has 0 radical (unpaired) electrons. The number of nitrogens with zero attached hydrogens (tertiary/aromatic N) is 1. The highest BCUT2D eigenvalue weighted by Gasteiger charge is 2.13. The summed E-state index contributed by atoms with van der Waals surface area (Å²) in [6.07, 6.45) is 0. The molecule has 0 aliphatic heterocycles. The number of hydrogen-bond acceptors (Lipinski definition) is 4. The largest absolute Gasteiger partial charge is 0.475 e. The van der Waals surface area contributed by atoms with E-state index in [2.05, 4.69) is 11.4 Å². The number of nitrogens with one attached hydrogen (secondary N) is 1. The molecule has 0 bridgehead atoms. The van der Waals surface area contributed by atoms with Gasteiger partial charge in [0.1, 0.15) is 5.76 Å². The number of aromatic carboxylic acids is 1. The summed E-state index contributed by atoms with van der Waals surface area (Å²) in [5, 5.41) is 21.0. The molecular formula is C15H14N2O3. The zero-order valence-corrected chi connectivity index (χ0v) is 11.2. The minimum absolute atomic E-state index is 0.0678. The molecule has 1 heterocycles. The summed E-state index contributed by atoms with van der Waals surface area (Å²) in [6, 6.07) is 8.98. The minimum atomic E-state index is -1.08. The average Bonchev–Trinajstić information content (AvgIpc) is 2.79. The van der Waals surface area contributed by atoms with Crippen LogP contribution in [-0.4, -0.2) is 11.1 Å². The maximum Gasteiger partial charge on any atom is 0.371 e. The lowest BCUT2D eigenvalue weighted by molar-refractivity contribution is 0.0661. The van der Waals surface area contributed by atoms with Crippen molar-refractivity contribution in [2.75, 3.05) is 5.32 Å². The molecule has 5 heteroatoms. The van der Waals surface area contributed by atoms with Gasteiger partial charge in [-0.3, -0.25) is 0 Å². The van der Waals surface area contributed by atoms with Crippen molar-refractivity contribution in [3.05, 3.63) is 52.5 Å². The Morgan fingerprint density at radius 3 is 2.75 bits per heavy atom. The molecule has 5 nitrogen and oxygen atoms in total. The van der Waals surface area contributed by atoms with E-state index >= 15 is 0 Å². The zero-order valence-electron chi connectivity index (χ0n) is 11.2. The van der Waals surface area contributed by atoms with Crippen LogP contribution in [0.15, 0.2) is 28.7 Å². The Morgan fingerprint density at radius 1 is 1.40 bits per heavy atom. The highest BCUT2D eigenvalue weighted by Crippen LogP contribution is 2.20. The Hall–Kier alpha value is -2.74. The lowest BCUT2D eigenvalue weighted by Crippen LogP contribution is -2.01. The van der Waals surface area contributed by atoms with Gasteiger partial charge in [-0.15, -0.1) is 0 Å². The van der Waals surface area contributed by atoms with Crippen LogP contribution in [0, 0.1) is 25.2 Å². The van der Waals surface area contributed by atoms with Crippen LogP contribution in [0.2, 0.25) is 0 Å². The molecule has 1 aromatic heterocycles. The van der Waals surface area contributed by atoms with E-state index in [1.807, 2.05) is 13.0 Å². The second kappa shape index (κ2) is 5.49. The summed E-state index contributed by atoms with van der Waals surface area (Å²) in [4.78, 5) is 10.8. The van der Waals surface area contributed by atoms with Gasteiger partial charge in [0.25, 0.3) is 0 Å². The Morgan fingerprint density at radius 2 is 2.15 bits per heavy atom. The molecule has 2 N–H and O–H groups in total. The van der Waals surface area contributed by atoms with Gasteiger partial charge in [-0.2, -0.15) is 5.26 Å². The number of nitriles is 1. The van der Waals surface area contributed by atoms with Gasteiger partial charge in [0, 0.05) is 17.8 Å². The van der Waals surface area contributed by atoms with Crippen molar-refractivity contribution in [1.82, 2.24) is 0 Å². The van der Waals surface area contributed by atoms with Crippen LogP contribution in [0.3, 0.4) is 0 Å². The summed E-state index contributed by atoms with van der Waals surface area (Å²) in [5.74, 6) is -0.576. The van der Waals surface area contributed by atoms with Crippen molar-refractivity contribution < 1.29 is 14.3 Å². The molecule has 0 saturated carbocycles. The first-order valence-electron chi connectivity index (χ1n) is 6.08. The predicted molar refractivity (Wildman–Crippen MR) is 73.6 cm³/mol. The molecule has 1 aromatic carbocycles. The number of hydrogen-bond donors (Lipinski definition) is 2. The van der Waals surface area contributed by atoms with Gasteiger partial charge >= 0.3 is 5.97 Å². The number of carboxylic acid groups (broad SMARTS) is 1. The Labute approximate surface area is 116 Å². The van der Waals surface area contributed by atoms with Crippen molar-refractivity contribution in [3.63, 3.8) is 0 Å². The van der Waals surface area contributed by atoms with Gasteiger partial charge < -0.3 is 14.8 Å². The molecule has 0 saturated heterocycles. The number of carboxylic acids is 1. The lowest BCUT2D eigenvalue weighted by atomic mass is 10.1. The highest BCUT2D eigenvalue weighted by molar-refractivity contribution is 5.84. The third-order valence-corrected chi connectivity index (χ3v) is 3.07. The van der Waals surface area contributed by atoms with Gasteiger partial charge in [-0.25, -0.2) is 4.79 Å². The molecular weight excluding hydrogens is 256 g/mol. The smallest absolute Gasteiger partial charge is 0.371 e. The number of carbonyl (C=O) groups is 1. The SMILES string of the molecule is Cc1ccc(C#N)cc1NCc1cc(C(=O)O)oc1C. The first-order chi connectivity index (χ1) is 9.51. The molecule has 0 fully saturated rings. The van der Waals surface area contributed by atoms with Crippen molar-refractivity contribution in [3.8, 4) is 6.07 Å². The van der Waals surface area contributed by atoms with E-state index in [0.717, 1.165) is 16.8 Å². The third-order valence-electron chi connectivity index (χ3n) is 3.07. The fraction of sp³-hybridized carbons (Fsp3) is 0.200. The second-order valence-corrected chi connectivity index (χ2v) is 4.49. The molecule has 2 aromatic rings. The van der Waals surface area contributed by atoms with Crippen molar-refractivity contribution in [2.45, 2.75) is 20.4 Å². The normalized spacial score (nSPS) is 10.1. The molecule has 2 rings (SSSR count). The first kappa shape index (κ1) is 13.7. The van der Waals surface area contributed by atoms with Crippen molar-refractivity contribution >= 4 is 11.7 Å². The molecule has 0 unspecified atom stereocenters.